The van der Waals surface area contributed by atoms with Crippen LogP contribution in [0, 0.1) is 0 Å². The largest absolute Gasteiger partial charge is 0.480 e. The number of aromatic amines is 1. The minimum Gasteiger partial charge on any atom is -0.480 e. The van der Waals surface area contributed by atoms with Crippen molar-refractivity contribution in [2.45, 2.75) is 31.8 Å². The van der Waals surface area contributed by atoms with Gasteiger partial charge >= 0.3 is 5.97 Å². The molecule has 0 radical (unpaired) electrons. The van der Waals surface area contributed by atoms with Crippen LogP contribution in [0.1, 0.15) is 19.0 Å². The number of carboxylic acid groups (broad SMARTS) is 1. The van der Waals surface area contributed by atoms with E-state index in [1.165, 1.54) is 19.4 Å². The zero-order valence-corrected chi connectivity index (χ0v) is 14.5. The van der Waals surface area contributed by atoms with Gasteiger partial charge in [-0.2, -0.15) is 0 Å². The Morgan fingerprint density at radius 3 is 2.68 bits per heavy atom. The summed E-state index contributed by atoms with van der Waals surface area (Å²) in [6, 6.07) is -2.03. The Kier molecular flexibility index (Phi) is 8.64. The molecule has 6 N–H and O–H groups in total. The van der Waals surface area contributed by atoms with Crippen LogP contribution in [0.3, 0.4) is 0 Å². The van der Waals surface area contributed by atoms with Crippen molar-refractivity contribution in [3.8, 4) is 0 Å². The second-order valence-electron chi connectivity index (χ2n) is 5.21. The summed E-state index contributed by atoms with van der Waals surface area (Å²) in [7, 11) is 0. The topological polar surface area (TPSA) is 167 Å². The molecular formula is C14H21N5O5S. The number of hydrogen-bond donors (Lipinski definition) is 5. The summed E-state index contributed by atoms with van der Waals surface area (Å²) >= 11 is 0.750. The van der Waals surface area contributed by atoms with E-state index < -0.39 is 29.1 Å². The van der Waals surface area contributed by atoms with Crippen molar-refractivity contribution in [2.24, 2.45) is 5.73 Å². The number of H-pyrrole nitrogens is 1. The van der Waals surface area contributed by atoms with Crippen molar-refractivity contribution >= 4 is 34.7 Å². The summed E-state index contributed by atoms with van der Waals surface area (Å²) in [5.41, 5.74) is 6.02. The third kappa shape index (κ3) is 8.31. The molecule has 0 bridgehead atoms. The molecule has 0 aromatic carbocycles. The third-order valence-corrected chi connectivity index (χ3v) is 4.14. The van der Waals surface area contributed by atoms with Crippen LogP contribution in [0.25, 0.3) is 0 Å². The van der Waals surface area contributed by atoms with E-state index in [-0.39, 0.29) is 31.0 Å². The summed E-state index contributed by atoms with van der Waals surface area (Å²) in [5.74, 6) is -1.97. The molecule has 10 nitrogen and oxygen atoms in total. The number of amides is 2. The number of hydrogen-bond acceptors (Lipinski definition) is 7. The first kappa shape index (κ1) is 20.6. The van der Waals surface area contributed by atoms with E-state index in [1.807, 2.05) is 0 Å². The molecule has 11 heteroatoms. The van der Waals surface area contributed by atoms with Gasteiger partial charge in [-0.15, -0.1) is 0 Å². The average molecular weight is 371 g/mol. The van der Waals surface area contributed by atoms with Gasteiger partial charge in [-0.3, -0.25) is 19.2 Å². The monoisotopic (exact) mass is 371 g/mol. The van der Waals surface area contributed by atoms with Gasteiger partial charge in [-0.05, 0) is 0 Å². The molecule has 1 heterocycles. The molecule has 0 aliphatic carbocycles. The van der Waals surface area contributed by atoms with Gasteiger partial charge in [-0.1, -0.05) is 11.8 Å². The van der Waals surface area contributed by atoms with E-state index in [0.29, 0.717) is 5.69 Å². The number of aromatic nitrogens is 2. The van der Waals surface area contributed by atoms with E-state index in [2.05, 4.69) is 20.6 Å². The maximum Gasteiger partial charge on any atom is 0.321 e. The van der Waals surface area contributed by atoms with Crippen LogP contribution >= 0.6 is 11.8 Å². The van der Waals surface area contributed by atoms with Crippen LogP contribution in [-0.4, -0.2) is 62.4 Å². The fraction of sp³-hybridized carbons (Fsp3) is 0.500. The molecule has 2 amide bonds. The van der Waals surface area contributed by atoms with Gasteiger partial charge in [0.1, 0.15) is 12.1 Å². The average Bonchev–Trinajstić information content (AvgIpc) is 3.04. The summed E-state index contributed by atoms with van der Waals surface area (Å²) in [4.78, 5) is 52.5. The maximum atomic E-state index is 12.3. The number of nitrogens with two attached hydrogens (primary N) is 1. The molecule has 2 atom stereocenters. The van der Waals surface area contributed by atoms with Crippen molar-refractivity contribution in [3.05, 3.63) is 18.2 Å². The minimum atomic E-state index is -1.20. The highest BCUT2D eigenvalue weighted by atomic mass is 32.2. The van der Waals surface area contributed by atoms with Crippen molar-refractivity contribution in [2.75, 3.05) is 12.3 Å². The predicted octanol–water partition coefficient (Wildman–Crippen LogP) is -1.37. The minimum absolute atomic E-state index is 0.0195. The molecule has 2 unspecified atom stereocenters. The molecule has 1 aromatic heterocycles. The Morgan fingerprint density at radius 2 is 2.12 bits per heavy atom. The van der Waals surface area contributed by atoms with Gasteiger partial charge in [0.25, 0.3) is 0 Å². The number of carbonyl (C=O) groups excluding carboxylic acids is 3. The van der Waals surface area contributed by atoms with Crippen molar-refractivity contribution in [1.82, 2.24) is 20.6 Å². The molecule has 0 aliphatic rings. The van der Waals surface area contributed by atoms with Gasteiger partial charge in [0.05, 0.1) is 6.33 Å². The SMILES string of the molecule is CC(=O)NCCC(=O)NC(Cc1cnc[nH]1)C(=O)SCC(N)C(=O)O. The van der Waals surface area contributed by atoms with Crippen molar-refractivity contribution < 1.29 is 24.3 Å². The summed E-state index contributed by atoms with van der Waals surface area (Å²) in [5, 5.41) is 13.4. The molecule has 138 valence electrons. The zero-order chi connectivity index (χ0) is 18.8. The summed E-state index contributed by atoms with van der Waals surface area (Å²) in [6.45, 7) is 1.49. The number of carboxylic acids is 1. The molecule has 0 aliphatic heterocycles. The standard InChI is InChI=1S/C14H21N5O5S/c1-8(20)17-3-2-12(21)19-11(4-9-5-16-7-18-9)14(24)25-6-10(15)13(22)23/h5,7,10-11H,2-4,6,15H2,1H3,(H,16,18)(H,17,20)(H,19,21)(H,22,23). The van der Waals surface area contributed by atoms with E-state index in [0.717, 1.165) is 11.8 Å². The van der Waals surface area contributed by atoms with E-state index >= 15 is 0 Å². The second kappa shape index (κ2) is 10.5. The number of rotatable bonds is 10. The Balaban J connectivity index is 2.62. The highest BCUT2D eigenvalue weighted by Crippen LogP contribution is 2.11. The van der Waals surface area contributed by atoms with Crippen LogP contribution in [0.15, 0.2) is 12.5 Å². The molecule has 0 saturated carbocycles. The number of imidazole rings is 1. The molecular weight excluding hydrogens is 350 g/mol. The van der Waals surface area contributed by atoms with Crippen LogP contribution in [0.2, 0.25) is 0 Å². The number of thioether (sulfide) groups is 1. The molecule has 1 aromatic rings. The molecule has 25 heavy (non-hydrogen) atoms. The first-order valence-electron chi connectivity index (χ1n) is 7.45. The number of nitrogens with one attached hydrogen (secondary N) is 3. The van der Waals surface area contributed by atoms with Gasteiger partial charge < -0.3 is 26.5 Å². The van der Waals surface area contributed by atoms with E-state index in [9.17, 15) is 19.2 Å². The van der Waals surface area contributed by atoms with Gasteiger partial charge in [-0.25, -0.2) is 4.98 Å². The lowest BCUT2D eigenvalue weighted by molar-refractivity contribution is -0.138. The first-order valence-corrected chi connectivity index (χ1v) is 8.44. The normalized spacial score (nSPS) is 12.9. The van der Waals surface area contributed by atoms with E-state index in [1.54, 1.807) is 0 Å². The fourth-order valence-electron chi connectivity index (χ4n) is 1.77. The molecule has 0 fully saturated rings. The second-order valence-corrected chi connectivity index (χ2v) is 6.23. The summed E-state index contributed by atoms with van der Waals surface area (Å²) < 4.78 is 0. The quantitative estimate of drug-likeness (QED) is 0.336. The lowest BCUT2D eigenvalue weighted by atomic mass is 10.2. The first-order chi connectivity index (χ1) is 11.8. The highest BCUT2D eigenvalue weighted by molar-refractivity contribution is 8.13. The van der Waals surface area contributed by atoms with Crippen LogP contribution in [-0.2, 0) is 25.6 Å². The number of carbonyl (C=O) groups is 4. The lowest BCUT2D eigenvalue weighted by Crippen LogP contribution is -2.43. The predicted molar refractivity (Wildman–Crippen MR) is 90.6 cm³/mol. The van der Waals surface area contributed by atoms with E-state index in [4.69, 9.17) is 10.8 Å². The smallest absolute Gasteiger partial charge is 0.321 e. The molecule has 0 saturated heterocycles. The Bertz CT molecular complexity index is 607. The van der Waals surface area contributed by atoms with Crippen LogP contribution in [0.4, 0.5) is 0 Å². The summed E-state index contributed by atoms with van der Waals surface area (Å²) in [6.07, 6.45) is 3.17. The lowest BCUT2D eigenvalue weighted by Gasteiger charge is -2.17. The van der Waals surface area contributed by atoms with Gasteiger partial charge in [0, 0.05) is 44.0 Å². The molecule has 1 rings (SSSR count). The Morgan fingerprint density at radius 1 is 1.40 bits per heavy atom. The Labute approximate surface area is 148 Å². The van der Waals surface area contributed by atoms with Crippen molar-refractivity contribution in [1.29, 1.82) is 0 Å². The Hall–Kier alpha value is -2.40. The highest BCUT2D eigenvalue weighted by Gasteiger charge is 2.24. The number of aliphatic carboxylic acids is 1. The maximum absolute atomic E-state index is 12.3. The van der Waals surface area contributed by atoms with Crippen LogP contribution < -0.4 is 16.4 Å². The van der Waals surface area contributed by atoms with Crippen molar-refractivity contribution in [3.63, 3.8) is 0 Å². The zero-order valence-electron chi connectivity index (χ0n) is 13.7. The van der Waals surface area contributed by atoms with Gasteiger partial charge in [0.2, 0.25) is 16.9 Å². The number of nitrogens with zero attached hydrogens (tertiary/aromatic N) is 1. The van der Waals surface area contributed by atoms with Crippen LogP contribution in [0.5, 0.6) is 0 Å². The van der Waals surface area contributed by atoms with Gasteiger partial charge in [0.15, 0.2) is 0 Å². The fourth-order valence-corrected chi connectivity index (χ4v) is 2.60. The molecule has 0 spiro atoms. The third-order valence-electron chi connectivity index (χ3n) is 3.05.